The molecule has 11 heteroatoms. The van der Waals surface area contributed by atoms with E-state index >= 15 is 0 Å². The minimum absolute atomic E-state index is 0.420. The number of hydrogen-bond donors (Lipinski definition) is 6. The molecule has 0 radical (unpaired) electrons. The number of aliphatic hydroxyl groups excluding tert-OH is 5. The van der Waals surface area contributed by atoms with Gasteiger partial charge in [-0.25, -0.2) is 0 Å². The minimum Gasteiger partial charge on any atom is -0.472 e. The van der Waals surface area contributed by atoms with Crippen LogP contribution in [-0.2, 0) is 23.7 Å². The molecule has 3 heterocycles. The summed E-state index contributed by atoms with van der Waals surface area (Å²) >= 11 is 0. The minimum atomic E-state index is -1.69. The van der Waals surface area contributed by atoms with Crippen molar-refractivity contribution in [3.8, 4) is 0 Å². The summed E-state index contributed by atoms with van der Waals surface area (Å²) in [6, 6.07) is 0. The summed E-state index contributed by atoms with van der Waals surface area (Å²) in [6.07, 6.45) is -6.34. The lowest BCUT2D eigenvalue weighted by atomic mass is 9.85. The summed E-state index contributed by atoms with van der Waals surface area (Å²) in [7, 11) is 1.32. The normalized spacial score (nSPS) is 56.3. The fourth-order valence-electron chi connectivity index (χ4n) is 4.46. The third kappa shape index (κ3) is 2.59. The van der Waals surface area contributed by atoms with Crippen molar-refractivity contribution in [3.05, 3.63) is 12.3 Å². The van der Waals surface area contributed by atoms with Crippen molar-refractivity contribution in [1.82, 2.24) is 0 Å². The molecule has 154 valence electrons. The van der Waals surface area contributed by atoms with E-state index in [4.69, 9.17) is 23.7 Å². The second kappa shape index (κ2) is 6.59. The first kappa shape index (κ1) is 19.5. The molecular weight excluding hydrogens is 368 g/mol. The molecule has 0 amide bonds. The van der Waals surface area contributed by atoms with Crippen molar-refractivity contribution >= 4 is 0 Å². The quantitative estimate of drug-likeness (QED) is 0.202. The molecule has 0 aromatic rings. The monoisotopic (exact) mass is 392 g/mol. The second-order valence-corrected chi connectivity index (χ2v) is 7.28. The molecule has 0 spiro atoms. The van der Waals surface area contributed by atoms with Gasteiger partial charge in [0.25, 0.3) is 0 Å². The van der Waals surface area contributed by atoms with Crippen LogP contribution in [0.4, 0.5) is 0 Å². The molecular formula is C16H24O11. The number of aliphatic hydroxyl groups is 6. The van der Waals surface area contributed by atoms with Crippen molar-refractivity contribution < 1.29 is 54.3 Å². The highest BCUT2D eigenvalue weighted by molar-refractivity contribution is 5.28. The molecule has 3 aliphatic heterocycles. The number of hydrogen-bond acceptors (Lipinski definition) is 11. The van der Waals surface area contributed by atoms with E-state index in [9.17, 15) is 30.6 Å². The Kier molecular flexibility index (Phi) is 4.75. The molecule has 0 aromatic heterocycles. The number of methoxy groups -OCH3 is 1. The first-order chi connectivity index (χ1) is 12.8. The van der Waals surface area contributed by atoms with Gasteiger partial charge in [0.05, 0.1) is 25.4 Å². The van der Waals surface area contributed by atoms with E-state index in [2.05, 4.69) is 0 Å². The summed E-state index contributed by atoms with van der Waals surface area (Å²) in [4.78, 5) is 0. The highest BCUT2D eigenvalue weighted by Crippen LogP contribution is 2.64. The summed E-state index contributed by atoms with van der Waals surface area (Å²) in [5.41, 5.74) is -1.15. The predicted octanol–water partition coefficient (Wildman–Crippen LogP) is -3.62. The van der Waals surface area contributed by atoms with Gasteiger partial charge >= 0.3 is 0 Å². The summed E-state index contributed by atoms with van der Waals surface area (Å²) in [6.45, 7) is -1.02. The standard InChI is InChI=1S/C16H24O11/c1-23-16(22)6-2-3-24-12(8(6)15(5-18)14(16)27-15)26-13-11(21)10(20)9(19)7(4-17)25-13/h2-3,6-14,17-22H,4-5H2,1H3/t6-,7-,8-,9-,10+,11-,12+,13+,14-,15-,16-/m1/s1. The van der Waals surface area contributed by atoms with Crippen LogP contribution in [0.5, 0.6) is 0 Å². The van der Waals surface area contributed by atoms with Gasteiger partial charge in [0.1, 0.15) is 36.1 Å². The molecule has 27 heavy (non-hydrogen) atoms. The highest BCUT2D eigenvalue weighted by atomic mass is 16.8. The first-order valence-electron chi connectivity index (χ1n) is 8.68. The van der Waals surface area contributed by atoms with Gasteiger partial charge in [-0.05, 0) is 6.08 Å². The van der Waals surface area contributed by atoms with E-state index in [1.54, 1.807) is 6.08 Å². The van der Waals surface area contributed by atoms with E-state index in [1.165, 1.54) is 13.4 Å². The molecule has 4 aliphatic rings. The lowest BCUT2D eigenvalue weighted by molar-refractivity contribution is -0.349. The van der Waals surface area contributed by atoms with Crippen LogP contribution >= 0.6 is 0 Å². The zero-order valence-corrected chi connectivity index (χ0v) is 14.5. The van der Waals surface area contributed by atoms with Crippen molar-refractivity contribution in [2.75, 3.05) is 20.3 Å². The van der Waals surface area contributed by atoms with E-state index in [0.717, 1.165) is 0 Å². The molecule has 1 aliphatic carbocycles. The van der Waals surface area contributed by atoms with E-state index in [1.807, 2.05) is 0 Å². The zero-order chi connectivity index (χ0) is 19.6. The molecule has 1 saturated carbocycles. The second-order valence-electron chi connectivity index (χ2n) is 7.28. The Morgan fingerprint density at radius 1 is 1.07 bits per heavy atom. The Balaban J connectivity index is 1.57. The fraction of sp³-hybridized carbons (Fsp3) is 0.875. The number of fused-ring (bicyclic) bond motifs is 3. The lowest BCUT2D eigenvalue weighted by Crippen LogP contribution is -2.60. The summed E-state index contributed by atoms with van der Waals surface area (Å²) in [5, 5.41) is 59.9. The smallest absolute Gasteiger partial charge is 0.208 e. The topological polar surface area (TPSA) is 171 Å². The van der Waals surface area contributed by atoms with Crippen LogP contribution in [0.3, 0.4) is 0 Å². The maximum atomic E-state index is 10.8. The van der Waals surface area contributed by atoms with Crippen LogP contribution in [0, 0.1) is 11.8 Å². The van der Waals surface area contributed by atoms with Crippen molar-refractivity contribution in [2.45, 2.75) is 54.5 Å². The van der Waals surface area contributed by atoms with Gasteiger partial charge in [-0.2, -0.15) is 0 Å². The molecule has 3 fully saturated rings. The van der Waals surface area contributed by atoms with Crippen LogP contribution in [-0.4, -0.2) is 105 Å². The van der Waals surface area contributed by atoms with Gasteiger partial charge in [0.2, 0.25) is 12.1 Å². The van der Waals surface area contributed by atoms with Crippen LogP contribution in [0.2, 0.25) is 0 Å². The van der Waals surface area contributed by atoms with E-state index < -0.39 is 79.5 Å². The SMILES string of the molecule is CO[C@]1(O)[C@@H]2C=CO[C@@H](O[C@@H]3O[C@H](CO)[C@@H](O)[C@H](O)[C@H]3O)[C@@H]2[C@@]2(CO)O[C@@H]12. The van der Waals surface area contributed by atoms with E-state index in [0.29, 0.717) is 0 Å². The van der Waals surface area contributed by atoms with Crippen LogP contribution in [0.15, 0.2) is 12.3 Å². The Morgan fingerprint density at radius 2 is 1.81 bits per heavy atom. The van der Waals surface area contributed by atoms with Crippen molar-refractivity contribution in [2.24, 2.45) is 11.8 Å². The molecule has 0 aromatic carbocycles. The third-order valence-corrected chi connectivity index (χ3v) is 6.01. The molecule has 0 bridgehead atoms. The maximum absolute atomic E-state index is 10.8. The van der Waals surface area contributed by atoms with Gasteiger partial charge in [0.15, 0.2) is 6.29 Å². The third-order valence-electron chi connectivity index (χ3n) is 6.01. The van der Waals surface area contributed by atoms with Crippen LogP contribution < -0.4 is 0 Å². The predicted molar refractivity (Wildman–Crippen MR) is 82.5 cm³/mol. The molecule has 0 unspecified atom stereocenters. The Labute approximate surface area is 154 Å². The largest absolute Gasteiger partial charge is 0.472 e. The van der Waals surface area contributed by atoms with Crippen LogP contribution in [0.25, 0.3) is 0 Å². The van der Waals surface area contributed by atoms with Crippen molar-refractivity contribution in [1.29, 1.82) is 0 Å². The van der Waals surface area contributed by atoms with Gasteiger partial charge in [-0.3, -0.25) is 0 Å². The van der Waals surface area contributed by atoms with E-state index in [-0.39, 0.29) is 0 Å². The van der Waals surface area contributed by atoms with Crippen LogP contribution in [0.1, 0.15) is 0 Å². The average molecular weight is 392 g/mol. The van der Waals surface area contributed by atoms with Gasteiger partial charge in [-0.15, -0.1) is 0 Å². The Hall–Kier alpha value is -0.860. The van der Waals surface area contributed by atoms with Crippen molar-refractivity contribution in [3.63, 3.8) is 0 Å². The zero-order valence-electron chi connectivity index (χ0n) is 14.5. The first-order valence-corrected chi connectivity index (χ1v) is 8.68. The molecule has 2 saturated heterocycles. The lowest BCUT2D eigenvalue weighted by Gasteiger charge is -2.43. The average Bonchev–Trinajstić information content (AvgIpc) is 3.39. The Morgan fingerprint density at radius 3 is 2.44 bits per heavy atom. The molecule has 11 nitrogen and oxygen atoms in total. The number of ether oxygens (including phenoxy) is 5. The molecule has 11 atom stereocenters. The molecule has 4 rings (SSSR count). The van der Waals surface area contributed by atoms with Gasteiger partial charge in [0, 0.05) is 13.0 Å². The summed E-state index contributed by atoms with van der Waals surface area (Å²) < 4.78 is 27.3. The Bertz CT molecular complexity index is 599. The number of epoxide rings is 1. The molecule has 6 N–H and O–H groups in total. The van der Waals surface area contributed by atoms with Gasteiger partial charge < -0.3 is 54.3 Å². The van der Waals surface area contributed by atoms with Gasteiger partial charge in [-0.1, -0.05) is 0 Å². The number of rotatable bonds is 5. The highest BCUT2D eigenvalue weighted by Gasteiger charge is 2.82. The maximum Gasteiger partial charge on any atom is 0.208 e. The fourth-order valence-corrected chi connectivity index (χ4v) is 4.46. The summed E-state index contributed by atoms with van der Waals surface area (Å²) in [5.74, 6) is -3.02.